The standard InChI is InChI=1S/C25H33Cl2N3O4S/c1-7-22(25(32)28-16(2)3)29(14-19-20(26)9-8-10-21(19)27)24(31)15-30(35(6,33)34)23-13-17(4)11-12-18(23)5/h8-13,16,22H,7,14-15H2,1-6H3,(H,28,32)/t22-/m0/s1. The monoisotopic (exact) mass is 541 g/mol. The van der Waals surface area contributed by atoms with Crippen molar-refractivity contribution >= 4 is 50.7 Å². The van der Waals surface area contributed by atoms with Crippen LogP contribution < -0.4 is 9.62 Å². The average Bonchev–Trinajstić information content (AvgIpc) is 2.74. The summed E-state index contributed by atoms with van der Waals surface area (Å²) >= 11 is 12.7. The first-order valence-electron chi connectivity index (χ1n) is 11.3. The number of nitrogens with one attached hydrogen (secondary N) is 1. The van der Waals surface area contributed by atoms with Crippen LogP contribution in [-0.4, -0.2) is 50.0 Å². The first-order valence-corrected chi connectivity index (χ1v) is 13.9. The lowest BCUT2D eigenvalue weighted by atomic mass is 10.1. The van der Waals surface area contributed by atoms with E-state index in [1.54, 1.807) is 44.2 Å². The molecule has 10 heteroatoms. The van der Waals surface area contributed by atoms with Crippen LogP contribution in [-0.2, 0) is 26.2 Å². The molecule has 0 bridgehead atoms. The Balaban J connectivity index is 2.55. The van der Waals surface area contributed by atoms with Crippen LogP contribution in [0.1, 0.15) is 43.9 Å². The van der Waals surface area contributed by atoms with Gasteiger partial charge in [0.1, 0.15) is 12.6 Å². The predicted molar refractivity (Wildman–Crippen MR) is 142 cm³/mol. The van der Waals surface area contributed by atoms with Crippen molar-refractivity contribution in [2.75, 3.05) is 17.1 Å². The second kappa shape index (κ2) is 12.1. The van der Waals surface area contributed by atoms with Crippen LogP contribution in [0.15, 0.2) is 36.4 Å². The Labute approximate surface area is 218 Å². The number of benzene rings is 2. The number of halogens is 2. The number of rotatable bonds is 10. The Bertz CT molecular complexity index is 1160. The summed E-state index contributed by atoms with van der Waals surface area (Å²) in [4.78, 5) is 28.1. The Morgan fingerprint density at radius 1 is 1.06 bits per heavy atom. The number of carbonyl (C=O) groups is 2. The van der Waals surface area contributed by atoms with Crippen molar-refractivity contribution in [3.63, 3.8) is 0 Å². The van der Waals surface area contributed by atoms with Crippen molar-refractivity contribution in [2.45, 2.75) is 59.7 Å². The molecule has 0 aromatic heterocycles. The molecule has 0 unspecified atom stereocenters. The van der Waals surface area contributed by atoms with Gasteiger partial charge in [0.15, 0.2) is 0 Å². The lowest BCUT2D eigenvalue weighted by molar-refractivity contribution is -0.140. The highest BCUT2D eigenvalue weighted by Gasteiger charge is 2.33. The molecule has 2 aromatic rings. The number of amides is 2. The van der Waals surface area contributed by atoms with E-state index in [0.717, 1.165) is 16.1 Å². The summed E-state index contributed by atoms with van der Waals surface area (Å²) in [6.07, 6.45) is 1.37. The molecule has 0 aliphatic rings. The van der Waals surface area contributed by atoms with Crippen molar-refractivity contribution < 1.29 is 18.0 Å². The smallest absolute Gasteiger partial charge is 0.244 e. The van der Waals surface area contributed by atoms with Crippen LogP contribution in [0.25, 0.3) is 0 Å². The zero-order valence-corrected chi connectivity index (χ0v) is 23.3. The molecule has 7 nitrogen and oxygen atoms in total. The summed E-state index contributed by atoms with van der Waals surface area (Å²) in [5.74, 6) is -0.880. The molecule has 1 atom stereocenters. The van der Waals surface area contributed by atoms with Gasteiger partial charge in [0.2, 0.25) is 21.8 Å². The van der Waals surface area contributed by atoms with E-state index < -0.39 is 28.5 Å². The number of anilines is 1. The summed E-state index contributed by atoms with van der Waals surface area (Å²) in [5.41, 5.74) is 2.46. The number of sulfonamides is 1. The fraction of sp³-hybridized carbons (Fsp3) is 0.440. The van der Waals surface area contributed by atoms with E-state index >= 15 is 0 Å². The number of hydrogen-bond acceptors (Lipinski definition) is 4. The maximum atomic E-state index is 13.7. The lowest BCUT2D eigenvalue weighted by Gasteiger charge is -2.34. The molecule has 0 saturated heterocycles. The minimum Gasteiger partial charge on any atom is -0.352 e. The maximum Gasteiger partial charge on any atom is 0.244 e. The molecule has 192 valence electrons. The second-order valence-corrected chi connectivity index (χ2v) is 11.6. The van der Waals surface area contributed by atoms with E-state index in [2.05, 4.69) is 5.32 Å². The minimum atomic E-state index is -3.81. The van der Waals surface area contributed by atoms with E-state index in [4.69, 9.17) is 23.2 Å². The Morgan fingerprint density at radius 2 is 1.66 bits per heavy atom. The van der Waals surface area contributed by atoms with Crippen LogP contribution >= 0.6 is 23.2 Å². The van der Waals surface area contributed by atoms with Gasteiger partial charge in [-0.3, -0.25) is 13.9 Å². The Kier molecular flexibility index (Phi) is 10.0. The normalized spacial score (nSPS) is 12.4. The molecule has 0 spiro atoms. The van der Waals surface area contributed by atoms with Crippen LogP contribution in [0.5, 0.6) is 0 Å². The summed E-state index contributed by atoms with van der Waals surface area (Å²) in [6, 6.07) is 9.41. The zero-order chi connectivity index (χ0) is 26.5. The third kappa shape index (κ3) is 7.59. The van der Waals surface area contributed by atoms with Gasteiger partial charge >= 0.3 is 0 Å². The molecule has 0 heterocycles. The van der Waals surface area contributed by atoms with Gasteiger partial charge in [-0.05, 0) is 63.4 Å². The van der Waals surface area contributed by atoms with E-state index in [1.807, 2.05) is 26.8 Å². The molecule has 2 aromatic carbocycles. The third-order valence-electron chi connectivity index (χ3n) is 5.52. The molecular weight excluding hydrogens is 509 g/mol. The van der Waals surface area contributed by atoms with Gasteiger partial charge < -0.3 is 10.2 Å². The van der Waals surface area contributed by atoms with Gasteiger partial charge in [-0.25, -0.2) is 8.42 Å². The van der Waals surface area contributed by atoms with Gasteiger partial charge in [-0.2, -0.15) is 0 Å². The minimum absolute atomic E-state index is 0.0498. The molecule has 2 rings (SSSR count). The first kappa shape index (κ1) is 28.9. The second-order valence-electron chi connectivity index (χ2n) is 8.87. The molecule has 0 radical (unpaired) electrons. The van der Waals surface area contributed by atoms with Gasteiger partial charge in [-0.1, -0.05) is 48.3 Å². The fourth-order valence-corrected chi connectivity index (χ4v) is 5.15. The zero-order valence-electron chi connectivity index (χ0n) is 20.9. The van der Waals surface area contributed by atoms with Crippen molar-refractivity contribution in [2.24, 2.45) is 0 Å². The van der Waals surface area contributed by atoms with Gasteiger partial charge in [-0.15, -0.1) is 0 Å². The molecule has 0 saturated carbocycles. The molecule has 1 N–H and O–H groups in total. The number of carbonyl (C=O) groups excluding carboxylic acids is 2. The largest absolute Gasteiger partial charge is 0.352 e. The molecular formula is C25H33Cl2N3O4S. The van der Waals surface area contributed by atoms with E-state index in [-0.39, 0.29) is 18.5 Å². The highest BCUT2D eigenvalue weighted by molar-refractivity contribution is 7.92. The quantitative estimate of drug-likeness (QED) is 0.471. The third-order valence-corrected chi connectivity index (χ3v) is 7.35. The van der Waals surface area contributed by atoms with Crippen LogP contribution in [0, 0.1) is 13.8 Å². The fourth-order valence-electron chi connectivity index (χ4n) is 3.74. The van der Waals surface area contributed by atoms with Gasteiger partial charge in [0.05, 0.1) is 11.9 Å². The average molecular weight is 543 g/mol. The van der Waals surface area contributed by atoms with E-state index in [9.17, 15) is 18.0 Å². The number of nitrogens with zero attached hydrogens (tertiary/aromatic N) is 2. The van der Waals surface area contributed by atoms with Crippen molar-refractivity contribution in [1.82, 2.24) is 10.2 Å². The van der Waals surface area contributed by atoms with Crippen molar-refractivity contribution in [1.29, 1.82) is 0 Å². The van der Waals surface area contributed by atoms with Gasteiger partial charge in [0, 0.05) is 28.2 Å². The summed E-state index contributed by atoms with van der Waals surface area (Å²) in [6.45, 7) is 8.55. The Hall–Kier alpha value is -2.29. The molecule has 35 heavy (non-hydrogen) atoms. The lowest BCUT2D eigenvalue weighted by Crippen LogP contribution is -2.53. The molecule has 2 amide bonds. The summed E-state index contributed by atoms with van der Waals surface area (Å²) < 4.78 is 26.6. The van der Waals surface area contributed by atoms with E-state index in [1.165, 1.54) is 4.90 Å². The maximum absolute atomic E-state index is 13.7. The number of hydrogen-bond donors (Lipinski definition) is 1. The molecule has 0 aliphatic heterocycles. The molecule has 0 aliphatic carbocycles. The SMILES string of the molecule is CC[C@@H](C(=O)NC(C)C)N(Cc1c(Cl)cccc1Cl)C(=O)CN(c1cc(C)ccc1C)S(C)(=O)=O. The number of aryl methyl sites for hydroxylation is 2. The van der Waals surface area contributed by atoms with Gasteiger partial charge in [0.25, 0.3) is 0 Å². The van der Waals surface area contributed by atoms with Crippen molar-refractivity contribution in [3.8, 4) is 0 Å². The first-order chi connectivity index (χ1) is 16.3. The Morgan fingerprint density at radius 3 is 2.17 bits per heavy atom. The van der Waals surface area contributed by atoms with Crippen LogP contribution in [0.2, 0.25) is 10.0 Å². The molecule has 0 fully saturated rings. The van der Waals surface area contributed by atoms with Crippen molar-refractivity contribution in [3.05, 3.63) is 63.1 Å². The topological polar surface area (TPSA) is 86.8 Å². The predicted octanol–water partition coefficient (Wildman–Crippen LogP) is 4.71. The van der Waals surface area contributed by atoms with Crippen LogP contribution in [0.3, 0.4) is 0 Å². The highest BCUT2D eigenvalue weighted by Crippen LogP contribution is 2.28. The summed E-state index contributed by atoms with van der Waals surface area (Å²) in [7, 11) is -3.81. The van der Waals surface area contributed by atoms with E-state index in [0.29, 0.717) is 33.3 Å². The highest BCUT2D eigenvalue weighted by atomic mass is 35.5. The summed E-state index contributed by atoms with van der Waals surface area (Å²) in [5, 5.41) is 3.55. The van der Waals surface area contributed by atoms with Crippen LogP contribution in [0.4, 0.5) is 5.69 Å².